The second-order valence-corrected chi connectivity index (χ2v) is 5.08. The maximum absolute atomic E-state index is 2.32. The van der Waals surface area contributed by atoms with Crippen molar-refractivity contribution >= 4 is 30.1 Å². The topological polar surface area (TPSA) is 3.24 Å². The molecular formula is C9H12INS. The lowest BCUT2D eigenvalue weighted by Gasteiger charge is -2.13. The fraction of sp³-hybridized carbons (Fsp3) is 0.333. The van der Waals surface area contributed by atoms with Gasteiger partial charge in [0.2, 0.25) is 0 Å². The minimum Gasteiger partial charge on any atom is -0.292 e. The highest BCUT2D eigenvalue weighted by Crippen LogP contribution is 2.13. The maximum Gasteiger partial charge on any atom is 0.0545 e. The second kappa shape index (κ2) is 5.83. The Morgan fingerprint density at radius 2 is 2.00 bits per heavy atom. The van der Waals surface area contributed by atoms with Gasteiger partial charge < -0.3 is 0 Å². The van der Waals surface area contributed by atoms with Crippen LogP contribution in [0.3, 0.4) is 0 Å². The Bertz CT molecular complexity index is 215. The molecule has 0 aliphatic rings. The van der Waals surface area contributed by atoms with Crippen LogP contribution < -0.4 is 0 Å². The fourth-order valence-electron chi connectivity index (χ4n) is 1.02. The van der Waals surface area contributed by atoms with E-state index < -0.39 is 0 Å². The molecule has 0 aliphatic heterocycles. The molecule has 0 atom stereocenters. The highest BCUT2D eigenvalue weighted by atomic mass is 127. The Morgan fingerprint density at radius 1 is 1.33 bits per heavy atom. The molecule has 0 N–H and O–H groups in total. The van der Waals surface area contributed by atoms with E-state index in [0.717, 1.165) is 12.4 Å². The van der Waals surface area contributed by atoms with Crippen molar-refractivity contribution in [2.24, 2.45) is 0 Å². The van der Waals surface area contributed by atoms with Crippen molar-refractivity contribution < 1.29 is 0 Å². The van der Waals surface area contributed by atoms with Crippen LogP contribution in [-0.2, 0) is 6.54 Å². The summed E-state index contributed by atoms with van der Waals surface area (Å²) in [6.45, 7) is 1.04. The number of rotatable bonds is 4. The lowest BCUT2D eigenvalue weighted by Crippen LogP contribution is -2.15. The van der Waals surface area contributed by atoms with Gasteiger partial charge in [-0.2, -0.15) is 0 Å². The van der Waals surface area contributed by atoms with Crippen molar-refractivity contribution in [3.63, 3.8) is 0 Å². The molecule has 0 aliphatic carbocycles. The Balaban J connectivity index is 2.41. The molecule has 1 aromatic carbocycles. The molecular weight excluding hydrogens is 281 g/mol. The molecule has 1 aromatic rings. The van der Waals surface area contributed by atoms with Crippen LogP contribution in [0, 0.1) is 0 Å². The SMILES string of the molecule is CN(CSI)Cc1ccccc1. The van der Waals surface area contributed by atoms with E-state index in [1.165, 1.54) is 5.56 Å². The second-order valence-electron chi connectivity index (χ2n) is 2.74. The van der Waals surface area contributed by atoms with Gasteiger partial charge in [0.1, 0.15) is 0 Å². The van der Waals surface area contributed by atoms with Crippen molar-refractivity contribution in [2.45, 2.75) is 6.54 Å². The van der Waals surface area contributed by atoms with Crippen LogP contribution in [0.5, 0.6) is 0 Å². The number of hydrogen-bond acceptors (Lipinski definition) is 2. The van der Waals surface area contributed by atoms with Crippen LogP contribution in [0.25, 0.3) is 0 Å². The molecule has 0 unspecified atom stereocenters. The first kappa shape index (κ1) is 10.3. The van der Waals surface area contributed by atoms with Crippen molar-refractivity contribution in [3.8, 4) is 0 Å². The average molecular weight is 293 g/mol. The predicted octanol–water partition coefficient (Wildman–Crippen LogP) is 3.16. The number of benzene rings is 1. The number of halogens is 1. The van der Waals surface area contributed by atoms with E-state index in [4.69, 9.17) is 0 Å². The lowest BCUT2D eigenvalue weighted by molar-refractivity contribution is 0.387. The van der Waals surface area contributed by atoms with E-state index in [1.54, 1.807) is 0 Å². The molecule has 0 saturated carbocycles. The summed E-state index contributed by atoms with van der Waals surface area (Å²) in [6.07, 6.45) is 0. The quantitative estimate of drug-likeness (QED) is 0.619. The molecule has 0 radical (unpaired) electrons. The molecule has 3 heteroatoms. The zero-order chi connectivity index (χ0) is 8.81. The van der Waals surface area contributed by atoms with E-state index >= 15 is 0 Å². The molecule has 12 heavy (non-hydrogen) atoms. The molecule has 0 saturated heterocycles. The zero-order valence-electron chi connectivity index (χ0n) is 7.03. The third-order valence-corrected chi connectivity index (χ3v) is 2.94. The largest absolute Gasteiger partial charge is 0.292 e. The standard InChI is InChI=1S/C9H12INS/c1-11(8-12-10)7-9-5-3-2-4-6-9/h2-6H,7-8H2,1H3. The van der Waals surface area contributed by atoms with E-state index in [-0.39, 0.29) is 0 Å². The van der Waals surface area contributed by atoms with Crippen molar-refractivity contribution in [1.82, 2.24) is 4.90 Å². The summed E-state index contributed by atoms with van der Waals surface area (Å²) in [7, 11) is 3.96. The van der Waals surface area contributed by atoms with E-state index in [9.17, 15) is 0 Å². The molecule has 1 rings (SSSR count). The van der Waals surface area contributed by atoms with Crippen LogP contribution in [-0.4, -0.2) is 17.8 Å². The van der Waals surface area contributed by atoms with Crippen LogP contribution in [0.2, 0.25) is 0 Å². The zero-order valence-corrected chi connectivity index (χ0v) is 10.0. The number of nitrogens with zero attached hydrogens (tertiary/aromatic N) is 1. The molecule has 1 nitrogen and oxygen atoms in total. The summed E-state index contributed by atoms with van der Waals surface area (Å²) in [5, 5.41) is 0. The highest BCUT2D eigenvalue weighted by Gasteiger charge is 1.97. The molecule has 66 valence electrons. The monoisotopic (exact) mass is 293 g/mol. The Kier molecular flexibility index (Phi) is 5.02. The third-order valence-electron chi connectivity index (χ3n) is 1.56. The van der Waals surface area contributed by atoms with Gasteiger partial charge >= 0.3 is 0 Å². The summed E-state index contributed by atoms with van der Waals surface area (Å²) in [4.78, 5) is 2.30. The molecule has 0 spiro atoms. The summed E-state index contributed by atoms with van der Waals surface area (Å²) in [5.41, 5.74) is 1.38. The Morgan fingerprint density at radius 3 is 2.58 bits per heavy atom. The third kappa shape index (κ3) is 3.78. The minimum atomic E-state index is 1.04. The van der Waals surface area contributed by atoms with E-state index in [1.807, 2.05) is 8.93 Å². The first-order valence-electron chi connectivity index (χ1n) is 3.79. The molecule has 0 heterocycles. The van der Waals surface area contributed by atoms with Gasteiger partial charge in [-0.3, -0.25) is 4.90 Å². The van der Waals surface area contributed by atoms with E-state index in [0.29, 0.717) is 0 Å². The smallest absolute Gasteiger partial charge is 0.0545 e. The molecule has 0 fully saturated rings. The van der Waals surface area contributed by atoms with E-state index in [2.05, 4.69) is 63.5 Å². The Hall–Kier alpha value is 0.260. The maximum atomic E-state index is 2.32. The summed E-state index contributed by atoms with van der Waals surface area (Å²) < 4.78 is 0. The van der Waals surface area contributed by atoms with Gasteiger partial charge in [-0.1, -0.05) is 39.3 Å². The van der Waals surface area contributed by atoms with Crippen molar-refractivity contribution in [3.05, 3.63) is 35.9 Å². The van der Waals surface area contributed by atoms with Crippen LogP contribution in [0.1, 0.15) is 5.56 Å². The van der Waals surface area contributed by atoms with Crippen LogP contribution in [0.15, 0.2) is 30.3 Å². The molecule has 0 aromatic heterocycles. The van der Waals surface area contributed by atoms with Crippen molar-refractivity contribution in [2.75, 3.05) is 12.9 Å². The van der Waals surface area contributed by atoms with Gasteiger partial charge in [0.05, 0.1) is 5.88 Å². The van der Waals surface area contributed by atoms with Gasteiger partial charge in [0, 0.05) is 6.54 Å². The average Bonchev–Trinajstić information content (AvgIpc) is 2.06. The summed E-state index contributed by atoms with van der Waals surface area (Å²) >= 11 is 2.32. The van der Waals surface area contributed by atoms with Gasteiger partial charge in [-0.05, 0) is 33.8 Å². The summed E-state index contributed by atoms with van der Waals surface area (Å²) in [5.74, 6) is 1.08. The molecule has 0 bridgehead atoms. The first-order chi connectivity index (χ1) is 5.83. The van der Waals surface area contributed by atoms with Crippen molar-refractivity contribution in [1.29, 1.82) is 0 Å². The normalized spacial score (nSPS) is 10.6. The van der Waals surface area contributed by atoms with Gasteiger partial charge in [0.25, 0.3) is 0 Å². The fourth-order valence-corrected chi connectivity index (χ4v) is 2.71. The highest BCUT2D eigenvalue weighted by molar-refractivity contribution is 14.2. The minimum absolute atomic E-state index is 1.04. The number of hydrogen-bond donors (Lipinski definition) is 0. The summed E-state index contributed by atoms with van der Waals surface area (Å²) in [6, 6.07) is 10.5. The molecule has 0 amide bonds. The Labute approximate surface area is 90.1 Å². The first-order valence-corrected chi connectivity index (χ1v) is 7.32. The van der Waals surface area contributed by atoms with Gasteiger partial charge in [-0.15, -0.1) is 0 Å². The van der Waals surface area contributed by atoms with Gasteiger partial charge in [0.15, 0.2) is 0 Å². The predicted molar refractivity (Wildman–Crippen MR) is 64.4 cm³/mol. The van der Waals surface area contributed by atoms with Gasteiger partial charge in [-0.25, -0.2) is 0 Å². The van der Waals surface area contributed by atoms with Crippen LogP contribution in [0.4, 0.5) is 0 Å². The lowest BCUT2D eigenvalue weighted by atomic mass is 10.2. The van der Waals surface area contributed by atoms with Crippen LogP contribution >= 0.6 is 30.1 Å².